The van der Waals surface area contributed by atoms with Gasteiger partial charge in [0.05, 0.1) is 11.9 Å². The highest BCUT2D eigenvalue weighted by Crippen LogP contribution is 2.22. The second-order valence-electron chi connectivity index (χ2n) is 4.68. The third-order valence-electron chi connectivity index (χ3n) is 2.45. The number of aliphatic hydroxyl groups excluding tert-OH is 1. The quantitative estimate of drug-likeness (QED) is 0.674. The summed E-state index contributed by atoms with van der Waals surface area (Å²) in [7, 11) is 0. The lowest BCUT2D eigenvalue weighted by Gasteiger charge is -2.25. The first kappa shape index (κ1) is 12.7. The molecular formula is C11H19N3O2. The third-order valence-corrected chi connectivity index (χ3v) is 2.45. The Balaban J connectivity index is 2.47. The molecule has 0 fully saturated rings. The monoisotopic (exact) mass is 225 g/mol. The minimum Gasteiger partial charge on any atom is -0.396 e. The first-order valence-corrected chi connectivity index (χ1v) is 5.43. The molecule has 1 rings (SSSR count). The van der Waals surface area contributed by atoms with Crippen molar-refractivity contribution in [2.45, 2.75) is 26.7 Å². The Kier molecular flexibility index (Phi) is 4.49. The second-order valence-corrected chi connectivity index (χ2v) is 4.68. The normalized spacial score (nSPS) is 11.4. The maximum absolute atomic E-state index is 11.0. The maximum Gasteiger partial charge on any atom is 0.266 e. The van der Waals surface area contributed by atoms with Crippen LogP contribution in [0.2, 0.25) is 0 Å². The average molecular weight is 225 g/mol. The van der Waals surface area contributed by atoms with Gasteiger partial charge in [0.15, 0.2) is 0 Å². The molecule has 0 aromatic carbocycles. The molecule has 0 unspecified atom stereocenters. The van der Waals surface area contributed by atoms with E-state index in [9.17, 15) is 4.79 Å². The van der Waals surface area contributed by atoms with Gasteiger partial charge in [-0.3, -0.25) is 4.79 Å². The Morgan fingerprint density at radius 3 is 2.94 bits per heavy atom. The third kappa shape index (κ3) is 4.44. The number of aliphatic hydroxyl groups is 1. The van der Waals surface area contributed by atoms with Gasteiger partial charge in [-0.05, 0) is 18.3 Å². The van der Waals surface area contributed by atoms with Crippen molar-refractivity contribution in [3.8, 4) is 0 Å². The van der Waals surface area contributed by atoms with E-state index >= 15 is 0 Å². The molecule has 5 heteroatoms. The van der Waals surface area contributed by atoms with Crippen LogP contribution in [0.25, 0.3) is 0 Å². The lowest BCUT2D eigenvalue weighted by molar-refractivity contribution is 0.248. The largest absolute Gasteiger partial charge is 0.396 e. The van der Waals surface area contributed by atoms with Crippen molar-refractivity contribution < 1.29 is 5.11 Å². The summed E-state index contributed by atoms with van der Waals surface area (Å²) < 4.78 is 0. The molecule has 0 radical (unpaired) electrons. The van der Waals surface area contributed by atoms with E-state index in [1.54, 1.807) is 6.20 Å². The Morgan fingerprint density at radius 1 is 1.56 bits per heavy atom. The molecule has 0 spiro atoms. The van der Waals surface area contributed by atoms with E-state index in [4.69, 9.17) is 5.11 Å². The van der Waals surface area contributed by atoms with E-state index in [0.29, 0.717) is 0 Å². The van der Waals surface area contributed by atoms with Crippen molar-refractivity contribution in [1.29, 1.82) is 0 Å². The number of hydrogen-bond donors (Lipinski definition) is 3. The summed E-state index contributed by atoms with van der Waals surface area (Å²) in [6.45, 7) is 5.21. The van der Waals surface area contributed by atoms with Crippen molar-refractivity contribution in [2.24, 2.45) is 5.41 Å². The highest BCUT2D eigenvalue weighted by Gasteiger charge is 2.16. The molecule has 0 atom stereocenters. The minimum atomic E-state index is -0.210. The van der Waals surface area contributed by atoms with Gasteiger partial charge in [0.2, 0.25) is 0 Å². The molecule has 0 aliphatic carbocycles. The molecule has 0 aliphatic rings. The molecule has 1 aromatic heterocycles. The van der Waals surface area contributed by atoms with Crippen LogP contribution in [0.4, 0.5) is 5.69 Å². The maximum atomic E-state index is 11.0. The number of nitrogens with zero attached hydrogens (tertiary/aromatic N) is 1. The van der Waals surface area contributed by atoms with E-state index in [1.165, 1.54) is 6.07 Å². The van der Waals surface area contributed by atoms with E-state index in [2.05, 4.69) is 29.4 Å². The zero-order valence-corrected chi connectivity index (χ0v) is 9.79. The lowest BCUT2D eigenvalue weighted by Crippen LogP contribution is -2.24. The van der Waals surface area contributed by atoms with Crippen molar-refractivity contribution >= 4 is 5.69 Å². The van der Waals surface area contributed by atoms with Crippen molar-refractivity contribution in [3.05, 3.63) is 22.6 Å². The molecule has 0 saturated carbocycles. The van der Waals surface area contributed by atoms with Crippen LogP contribution in [0.3, 0.4) is 0 Å². The van der Waals surface area contributed by atoms with Gasteiger partial charge in [-0.15, -0.1) is 0 Å². The molecule has 0 amide bonds. The molecule has 0 aliphatic heterocycles. The molecule has 5 nitrogen and oxygen atoms in total. The van der Waals surface area contributed by atoms with E-state index in [0.717, 1.165) is 25.1 Å². The zero-order valence-electron chi connectivity index (χ0n) is 9.79. The van der Waals surface area contributed by atoms with Crippen molar-refractivity contribution in [2.75, 3.05) is 18.5 Å². The summed E-state index contributed by atoms with van der Waals surface area (Å²) in [5.41, 5.74) is 0.602. The fourth-order valence-electron chi connectivity index (χ4n) is 1.46. The molecule has 1 aromatic rings. The predicted octanol–water partition coefficient (Wildman–Crippen LogP) is 0.980. The Labute approximate surface area is 94.9 Å². The lowest BCUT2D eigenvalue weighted by atomic mass is 9.88. The number of rotatable bonds is 6. The Hall–Kier alpha value is -1.36. The van der Waals surface area contributed by atoms with Crippen LogP contribution in [0.15, 0.2) is 17.1 Å². The van der Waals surface area contributed by atoms with Gasteiger partial charge in [-0.25, -0.2) is 5.10 Å². The molecule has 90 valence electrons. The van der Waals surface area contributed by atoms with Gasteiger partial charge in [0, 0.05) is 19.2 Å². The van der Waals surface area contributed by atoms with E-state index in [1.807, 2.05) is 0 Å². The average Bonchev–Trinajstić information content (AvgIpc) is 2.24. The minimum absolute atomic E-state index is 0.0886. The summed E-state index contributed by atoms with van der Waals surface area (Å²) in [6, 6.07) is 1.48. The van der Waals surface area contributed by atoms with Gasteiger partial charge < -0.3 is 10.4 Å². The number of hydrogen-bond acceptors (Lipinski definition) is 4. The highest BCUT2D eigenvalue weighted by atomic mass is 16.2. The number of anilines is 1. The van der Waals surface area contributed by atoms with E-state index < -0.39 is 0 Å². The standard InChI is InChI=1S/C11H19N3O2/c1-11(2,4-3-5-15)8-12-9-6-10(16)14-13-7-9/h6-7,15H,3-5,8H2,1-2H3,(H2,12,14,16). The summed E-state index contributed by atoms with van der Waals surface area (Å²) in [5.74, 6) is 0. The highest BCUT2D eigenvalue weighted by molar-refractivity contribution is 5.38. The fraction of sp³-hybridized carbons (Fsp3) is 0.636. The molecule has 0 bridgehead atoms. The van der Waals surface area contributed by atoms with Crippen LogP contribution in [-0.4, -0.2) is 28.5 Å². The fourth-order valence-corrected chi connectivity index (χ4v) is 1.46. The summed E-state index contributed by atoms with van der Waals surface area (Å²) >= 11 is 0. The molecule has 0 saturated heterocycles. The Bertz CT molecular complexity index is 373. The molecular weight excluding hydrogens is 206 g/mol. The molecule has 1 heterocycles. The molecule has 3 N–H and O–H groups in total. The summed E-state index contributed by atoms with van der Waals surface area (Å²) in [4.78, 5) is 11.0. The first-order valence-electron chi connectivity index (χ1n) is 5.43. The van der Waals surface area contributed by atoms with Crippen LogP contribution in [-0.2, 0) is 0 Å². The molecule has 16 heavy (non-hydrogen) atoms. The SMILES string of the molecule is CC(C)(CCCO)CNc1cn[nH]c(=O)c1. The van der Waals surface area contributed by atoms with Gasteiger partial charge in [0.1, 0.15) is 0 Å². The van der Waals surface area contributed by atoms with Crippen molar-refractivity contribution in [3.63, 3.8) is 0 Å². The summed E-state index contributed by atoms with van der Waals surface area (Å²) in [5, 5.41) is 18.0. The van der Waals surface area contributed by atoms with Crippen LogP contribution >= 0.6 is 0 Å². The second kappa shape index (κ2) is 5.65. The number of aromatic nitrogens is 2. The van der Waals surface area contributed by atoms with E-state index in [-0.39, 0.29) is 17.6 Å². The van der Waals surface area contributed by atoms with Gasteiger partial charge in [0.25, 0.3) is 5.56 Å². The van der Waals surface area contributed by atoms with Gasteiger partial charge >= 0.3 is 0 Å². The van der Waals surface area contributed by atoms with Gasteiger partial charge in [-0.2, -0.15) is 5.10 Å². The van der Waals surface area contributed by atoms with Crippen LogP contribution in [0.1, 0.15) is 26.7 Å². The number of nitrogens with one attached hydrogen (secondary N) is 2. The smallest absolute Gasteiger partial charge is 0.266 e. The topological polar surface area (TPSA) is 78.0 Å². The number of H-pyrrole nitrogens is 1. The van der Waals surface area contributed by atoms with Crippen LogP contribution in [0.5, 0.6) is 0 Å². The predicted molar refractivity (Wildman–Crippen MR) is 63.4 cm³/mol. The number of aromatic amines is 1. The van der Waals surface area contributed by atoms with Gasteiger partial charge in [-0.1, -0.05) is 13.8 Å². The first-order chi connectivity index (χ1) is 7.53. The summed E-state index contributed by atoms with van der Waals surface area (Å²) in [6.07, 6.45) is 3.32. The van der Waals surface area contributed by atoms with Crippen LogP contribution in [0, 0.1) is 5.41 Å². The van der Waals surface area contributed by atoms with Crippen LogP contribution < -0.4 is 10.9 Å². The van der Waals surface area contributed by atoms with Crippen molar-refractivity contribution in [1.82, 2.24) is 10.2 Å². The Morgan fingerprint density at radius 2 is 2.31 bits per heavy atom. The zero-order chi connectivity index (χ0) is 12.0.